The molecule has 0 saturated carbocycles. The van der Waals surface area contributed by atoms with E-state index in [0.717, 1.165) is 49.2 Å². The summed E-state index contributed by atoms with van der Waals surface area (Å²) in [6, 6.07) is 18.3. The number of aryl methyl sites for hydroxylation is 3. The Labute approximate surface area is 174 Å². The number of tetrazole rings is 2. The van der Waals surface area contributed by atoms with Gasteiger partial charge in [-0.3, -0.25) is 0 Å². The van der Waals surface area contributed by atoms with E-state index in [4.69, 9.17) is 4.74 Å². The Bertz CT molecular complexity index is 999. The maximum atomic E-state index is 5.84. The van der Waals surface area contributed by atoms with Crippen molar-refractivity contribution in [3.63, 3.8) is 0 Å². The maximum Gasteiger partial charge on any atom is 0.204 e. The van der Waals surface area contributed by atoms with Gasteiger partial charge in [0.15, 0.2) is 5.82 Å². The van der Waals surface area contributed by atoms with Crippen LogP contribution in [0.4, 0.5) is 0 Å². The van der Waals surface area contributed by atoms with Crippen LogP contribution in [0.25, 0.3) is 11.4 Å². The molecular weight excluding hydrogens is 380 g/mol. The lowest BCUT2D eigenvalue weighted by molar-refractivity contribution is 0.311. The highest BCUT2D eigenvalue weighted by atomic mass is 16.5. The van der Waals surface area contributed by atoms with Gasteiger partial charge >= 0.3 is 0 Å². The molecule has 0 aliphatic carbocycles. The molecule has 0 fully saturated rings. The summed E-state index contributed by atoms with van der Waals surface area (Å²) in [6.07, 6.45) is 4.63. The van der Waals surface area contributed by atoms with Crippen molar-refractivity contribution in [2.45, 2.75) is 38.6 Å². The van der Waals surface area contributed by atoms with Gasteiger partial charge in [-0.25, -0.2) is 0 Å². The van der Waals surface area contributed by atoms with Crippen LogP contribution in [0.5, 0.6) is 5.75 Å². The minimum Gasteiger partial charge on any atom is -0.494 e. The van der Waals surface area contributed by atoms with Crippen molar-refractivity contribution in [2.75, 3.05) is 6.61 Å². The lowest BCUT2D eigenvalue weighted by Gasteiger charge is -2.06. The van der Waals surface area contributed by atoms with Gasteiger partial charge in [-0.05, 0) is 60.7 Å². The second-order valence-electron chi connectivity index (χ2n) is 6.96. The Morgan fingerprint density at radius 1 is 0.867 bits per heavy atom. The highest BCUT2D eigenvalue weighted by Crippen LogP contribution is 2.19. The molecule has 154 valence electrons. The first-order valence-corrected chi connectivity index (χ1v) is 10.1. The minimum atomic E-state index is 0.615. The first-order valence-electron chi connectivity index (χ1n) is 10.1. The first kappa shape index (κ1) is 19.7. The lowest BCUT2D eigenvalue weighted by Crippen LogP contribution is -2.03. The Morgan fingerprint density at radius 2 is 1.73 bits per heavy atom. The summed E-state index contributed by atoms with van der Waals surface area (Å²) in [7, 11) is 0. The van der Waals surface area contributed by atoms with Gasteiger partial charge in [-0.1, -0.05) is 35.5 Å². The quantitative estimate of drug-likeness (QED) is 0.383. The standard InChI is InChI=1S/C21H24N8O/c1-2-7-17(8-3-1)9-6-16-30-19-13-11-18(12-14-19)21-24-28-29(25-21)15-5-4-10-20-22-26-27-23-20/h1-3,7-8,11-14H,4-6,9-10,15-16H2,(H,22,23,26,27). The predicted octanol–water partition coefficient (Wildman–Crippen LogP) is 2.89. The molecule has 4 aromatic rings. The molecule has 0 saturated heterocycles. The van der Waals surface area contributed by atoms with Crippen molar-refractivity contribution in [3.8, 4) is 17.1 Å². The molecule has 0 amide bonds. The molecule has 0 aliphatic heterocycles. The number of ether oxygens (including phenoxy) is 1. The zero-order valence-electron chi connectivity index (χ0n) is 16.7. The van der Waals surface area contributed by atoms with Crippen LogP contribution >= 0.6 is 0 Å². The van der Waals surface area contributed by atoms with Gasteiger partial charge in [0.25, 0.3) is 0 Å². The first-order chi connectivity index (χ1) is 14.9. The SMILES string of the molecule is c1ccc(CCCOc2ccc(-c3nnn(CCCCc4nn[nH]n4)n3)cc2)cc1. The molecule has 4 rings (SSSR count). The molecule has 0 unspecified atom stereocenters. The van der Waals surface area contributed by atoms with E-state index in [1.54, 1.807) is 4.80 Å². The highest BCUT2D eigenvalue weighted by molar-refractivity contribution is 5.55. The molecule has 30 heavy (non-hydrogen) atoms. The van der Waals surface area contributed by atoms with E-state index in [1.165, 1.54) is 5.56 Å². The topological polar surface area (TPSA) is 107 Å². The summed E-state index contributed by atoms with van der Waals surface area (Å²) >= 11 is 0. The second-order valence-corrected chi connectivity index (χ2v) is 6.96. The molecule has 2 aromatic heterocycles. The Morgan fingerprint density at radius 3 is 2.53 bits per heavy atom. The number of aromatic amines is 1. The Kier molecular flexibility index (Phi) is 6.72. The summed E-state index contributed by atoms with van der Waals surface area (Å²) in [5.41, 5.74) is 2.25. The molecule has 0 spiro atoms. The summed E-state index contributed by atoms with van der Waals surface area (Å²) in [5, 5.41) is 26.6. The van der Waals surface area contributed by atoms with Gasteiger partial charge in [-0.2, -0.15) is 10.0 Å². The number of benzene rings is 2. The molecule has 0 bridgehead atoms. The van der Waals surface area contributed by atoms with Gasteiger partial charge < -0.3 is 4.74 Å². The molecule has 2 aromatic carbocycles. The van der Waals surface area contributed by atoms with Crippen LogP contribution in [0.1, 0.15) is 30.7 Å². The van der Waals surface area contributed by atoms with Crippen LogP contribution in [0.2, 0.25) is 0 Å². The number of nitrogens with zero attached hydrogens (tertiary/aromatic N) is 7. The fourth-order valence-corrected chi connectivity index (χ4v) is 3.09. The molecule has 0 aliphatic rings. The van der Waals surface area contributed by atoms with Crippen molar-refractivity contribution in [3.05, 3.63) is 66.0 Å². The van der Waals surface area contributed by atoms with Gasteiger partial charge in [0.05, 0.1) is 13.2 Å². The zero-order chi connectivity index (χ0) is 20.4. The third-order valence-corrected chi connectivity index (χ3v) is 4.68. The molecule has 2 heterocycles. The van der Waals surface area contributed by atoms with Crippen molar-refractivity contribution in [1.82, 2.24) is 40.8 Å². The number of H-pyrrole nitrogens is 1. The van der Waals surface area contributed by atoms with Gasteiger partial charge in [0, 0.05) is 12.0 Å². The van der Waals surface area contributed by atoms with E-state index in [2.05, 4.69) is 60.3 Å². The fourth-order valence-electron chi connectivity index (χ4n) is 3.09. The Balaban J connectivity index is 1.20. The molecular formula is C21H24N8O. The third kappa shape index (κ3) is 5.69. The van der Waals surface area contributed by atoms with Crippen LogP contribution in [0.15, 0.2) is 54.6 Å². The lowest BCUT2D eigenvalue weighted by atomic mass is 10.1. The van der Waals surface area contributed by atoms with E-state index in [-0.39, 0.29) is 0 Å². The van der Waals surface area contributed by atoms with Gasteiger partial charge in [-0.15, -0.1) is 20.4 Å². The van der Waals surface area contributed by atoms with Crippen molar-refractivity contribution >= 4 is 0 Å². The number of hydrogen-bond acceptors (Lipinski definition) is 7. The average molecular weight is 404 g/mol. The largest absolute Gasteiger partial charge is 0.494 e. The van der Waals surface area contributed by atoms with Crippen LogP contribution in [0, 0.1) is 0 Å². The molecule has 0 atom stereocenters. The predicted molar refractivity (Wildman–Crippen MR) is 111 cm³/mol. The number of rotatable bonds is 11. The molecule has 9 nitrogen and oxygen atoms in total. The van der Waals surface area contributed by atoms with Crippen molar-refractivity contribution in [1.29, 1.82) is 0 Å². The third-order valence-electron chi connectivity index (χ3n) is 4.68. The minimum absolute atomic E-state index is 0.615. The molecule has 0 radical (unpaired) electrons. The van der Waals surface area contributed by atoms with E-state index in [1.807, 2.05) is 30.3 Å². The maximum absolute atomic E-state index is 5.84. The zero-order valence-corrected chi connectivity index (χ0v) is 16.7. The summed E-state index contributed by atoms with van der Waals surface area (Å²) in [4.78, 5) is 1.62. The van der Waals surface area contributed by atoms with Crippen molar-refractivity contribution < 1.29 is 4.74 Å². The normalized spacial score (nSPS) is 10.9. The smallest absolute Gasteiger partial charge is 0.204 e. The van der Waals surface area contributed by atoms with E-state index < -0.39 is 0 Å². The summed E-state index contributed by atoms with van der Waals surface area (Å²) < 4.78 is 5.84. The van der Waals surface area contributed by atoms with Crippen LogP contribution in [-0.4, -0.2) is 47.4 Å². The summed E-state index contributed by atoms with van der Waals surface area (Å²) in [5.74, 6) is 2.19. The van der Waals surface area contributed by atoms with E-state index >= 15 is 0 Å². The Hall–Kier alpha value is -3.62. The van der Waals surface area contributed by atoms with Crippen LogP contribution in [0.3, 0.4) is 0 Å². The van der Waals surface area contributed by atoms with E-state index in [0.29, 0.717) is 19.0 Å². The highest BCUT2D eigenvalue weighted by Gasteiger charge is 2.07. The molecule has 1 N–H and O–H groups in total. The van der Waals surface area contributed by atoms with E-state index in [9.17, 15) is 0 Å². The fraction of sp³-hybridized carbons (Fsp3) is 0.333. The average Bonchev–Trinajstić information content (AvgIpc) is 3.48. The van der Waals surface area contributed by atoms with Gasteiger partial charge in [0.2, 0.25) is 5.82 Å². The van der Waals surface area contributed by atoms with Crippen LogP contribution < -0.4 is 4.74 Å². The molecule has 9 heteroatoms. The monoisotopic (exact) mass is 404 g/mol. The number of nitrogens with one attached hydrogen (secondary N) is 1. The summed E-state index contributed by atoms with van der Waals surface area (Å²) in [6.45, 7) is 1.39. The second kappa shape index (κ2) is 10.2. The number of unbranched alkanes of at least 4 members (excludes halogenated alkanes) is 1. The van der Waals surface area contributed by atoms with Crippen LogP contribution in [-0.2, 0) is 19.4 Å². The number of aromatic nitrogens is 8. The number of hydrogen-bond donors (Lipinski definition) is 1. The van der Waals surface area contributed by atoms with Crippen molar-refractivity contribution in [2.24, 2.45) is 0 Å². The van der Waals surface area contributed by atoms with Gasteiger partial charge in [0.1, 0.15) is 5.75 Å².